The van der Waals surface area contributed by atoms with Crippen LogP contribution in [-0.2, 0) is 0 Å². The number of benzene rings is 2. The number of nitrogens with two attached hydrogens (primary N) is 1. The summed E-state index contributed by atoms with van der Waals surface area (Å²) in [5.41, 5.74) is 9.66. The van der Waals surface area contributed by atoms with E-state index in [1.165, 1.54) is 17.3 Å². The number of thioether (sulfide) groups is 1. The lowest BCUT2D eigenvalue weighted by atomic mass is 10.1. The number of aryl methyl sites for hydroxylation is 1. The molecule has 2 aromatic rings. The molecule has 7 nitrogen and oxygen atoms in total. The molecule has 0 radical (unpaired) electrons. The van der Waals surface area contributed by atoms with Crippen LogP contribution in [0.1, 0.15) is 11.1 Å². The quantitative estimate of drug-likeness (QED) is 0.433. The number of guanidine groups is 1. The third kappa shape index (κ3) is 6.87. The van der Waals surface area contributed by atoms with Crippen LogP contribution in [0.15, 0.2) is 85.5 Å². The van der Waals surface area contributed by atoms with Crippen molar-refractivity contribution >= 4 is 40.6 Å². The third-order valence-corrected chi connectivity index (χ3v) is 6.29. The van der Waals surface area contributed by atoms with E-state index >= 15 is 0 Å². The zero-order valence-corrected chi connectivity index (χ0v) is 19.9. The average molecular weight is 460 g/mol. The Bertz CT molecular complexity index is 1090. The molecule has 0 aliphatic carbocycles. The van der Waals surface area contributed by atoms with Crippen LogP contribution in [0.3, 0.4) is 0 Å². The molecule has 170 valence electrons. The molecule has 2 aliphatic heterocycles. The Morgan fingerprint density at radius 3 is 2.48 bits per heavy atom. The summed E-state index contributed by atoms with van der Waals surface area (Å²) in [6.45, 7) is 6.57. The fourth-order valence-corrected chi connectivity index (χ4v) is 4.13. The highest BCUT2D eigenvalue weighted by Gasteiger charge is 2.12. The van der Waals surface area contributed by atoms with Gasteiger partial charge in [-0.05, 0) is 55.1 Å². The molecule has 0 spiro atoms. The minimum Gasteiger partial charge on any atom is -0.368 e. The minimum absolute atomic E-state index is 0.143. The smallest absolute Gasteiger partial charge is 0.224 e. The van der Waals surface area contributed by atoms with Gasteiger partial charge in [0.05, 0.1) is 12.9 Å². The second-order valence-electron chi connectivity index (χ2n) is 8.07. The van der Waals surface area contributed by atoms with Gasteiger partial charge in [-0.15, -0.1) is 0 Å². The summed E-state index contributed by atoms with van der Waals surface area (Å²) in [6.07, 6.45) is 3.82. The minimum atomic E-state index is 0.143. The van der Waals surface area contributed by atoms with Crippen LogP contribution in [0.2, 0.25) is 0 Å². The van der Waals surface area contributed by atoms with Crippen LogP contribution < -0.4 is 5.73 Å². The normalized spacial score (nSPS) is 18.1. The molecule has 2 aromatic carbocycles. The Balaban J connectivity index is 1.51. The molecule has 4 rings (SSSR count). The van der Waals surface area contributed by atoms with Gasteiger partial charge in [0, 0.05) is 31.1 Å². The van der Waals surface area contributed by atoms with E-state index in [4.69, 9.17) is 5.73 Å². The van der Waals surface area contributed by atoms with Gasteiger partial charge in [-0.1, -0.05) is 48.0 Å². The van der Waals surface area contributed by atoms with E-state index in [0.29, 0.717) is 17.5 Å². The second kappa shape index (κ2) is 11.1. The summed E-state index contributed by atoms with van der Waals surface area (Å²) < 4.78 is 0. The topological polar surface area (TPSA) is 81.9 Å². The highest BCUT2D eigenvalue weighted by molar-refractivity contribution is 8.14. The van der Waals surface area contributed by atoms with Gasteiger partial charge in [0.25, 0.3) is 0 Å². The van der Waals surface area contributed by atoms with Crippen molar-refractivity contribution in [2.45, 2.75) is 11.8 Å². The van der Waals surface area contributed by atoms with Crippen LogP contribution in [0, 0.1) is 6.92 Å². The van der Waals surface area contributed by atoms with Gasteiger partial charge in [-0.2, -0.15) is 9.98 Å². The van der Waals surface area contributed by atoms with Crippen molar-refractivity contribution in [2.75, 3.05) is 39.8 Å². The summed E-state index contributed by atoms with van der Waals surface area (Å²) in [6, 6.07) is 18.4. The molecule has 0 aromatic heterocycles. The van der Waals surface area contributed by atoms with E-state index in [9.17, 15) is 0 Å². The van der Waals surface area contributed by atoms with Gasteiger partial charge in [0.1, 0.15) is 0 Å². The molecule has 0 atom stereocenters. The van der Waals surface area contributed by atoms with E-state index in [0.717, 1.165) is 42.2 Å². The zero-order valence-electron chi connectivity index (χ0n) is 19.1. The summed E-state index contributed by atoms with van der Waals surface area (Å²) in [5, 5.41) is 0.546. The first-order valence-corrected chi connectivity index (χ1v) is 11.8. The number of amidine groups is 2. The number of hydrogen-bond acceptors (Lipinski definition) is 4. The number of rotatable bonds is 3. The largest absolute Gasteiger partial charge is 0.368 e. The highest BCUT2D eigenvalue weighted by atomic mass is 32.2. The zero-order chi connectivity index (χ0) is 23.0. The predicted molar refractivity (Wildman–Crippen MR) is 140 cm³/mol. The van der Waals surface area contributed by atoms with Crippen LogP contribution in [0.4, 0.5) is 0 Å². The van der Waals surface area contributed by atoms with Crippen molar-refractivity contribution in [3.8, 4) is 0 Å². The maximum atomic E-state index is 6.19. The maximum Gasteiger partial charge on any atom is 0.224 e. The van der Waals surface area contributed by atoms with Crippen LogP contribution in [-0.4, -0.2) is 72.9 Å². The molecule has 2 heterocycles. The maximum absolute atomic E-state index is 6.19. The molecule has 0 unspecified atom stereocenters. The number of hydrogen-bond donors (Lipinski definition) is 1. The monoisotopic (exact) mass is 459 g/mol. The summed E-state index contributed by atoms with van der Waals surface area (Å²) in [7, 11) is 2.13. The predicted octanol–water partition coefficient (Wildman–Crippen LogP) is 3.53. The molecule has 0 amide bonds. The number of nitrogens with zero attached hydrogens (tertiary/aromatic N) is 6. The lowest BCUT2D eigenvalue weighted by Crippen LogP contribution is -2.43. The lowest BCUT2D eigenvalue weighted by Gasteiger charge is -2.30. The number of likely N-dealkylation sites (N-methyl/N-ethyl adjacent to an activating group) is 1. The van der Waals surface area contributed by atoms with E-state index in [2.05, 4.69) is 80.1 Å². The Kier molecular flexibility index (Phi) is 7.70. The van der Waals surface area contributed by atoms with Crippen LogP contribution in [0.5, 0.6) is 0 Å². The number of aliphatic imine (C=N–C) groups is 4. The van der Waals surface area contributed by atoms with Crippen molar-refractivity contribution in [3.05, 3.63) is 71.8 Å². The van der Waals surface area contributed by atoms with Crippen molar-refractivity contribution in [3.63, 3.8) is 0 Å². The van der Waals surface area contributed by atoms with E-state index < -0.39 is 0 Å². The van der Waals surface area contributed by atoms with Crippen LogP contribution >= 0.6 is 11.8 Å². The lowest BCUT2D eigenvalue weighted by molar-refractivity contribution is 0.219. The number of piperazine rings is 1. The fourth-order valence-electron chi connectivity index (χ4n) is 3.41. The van der Waals surface area contributed by atoms with Crippen molar-refractivity contribution in [1.29, 1.82) is 0 Å². The first-order valence-electron chi connectivity index (χ1n) is 11.0. The molecule has 0 bridgehead atoms. The Labute approximate surface area is 199 Å². The van der Waals surface area contributed by atoms with Gasteiger partial charge >= 0.3 is 0 Å². The van der Waals surface area contributed by atoms with Crippen molar-refractivity contribution < 1.29 is 0 Å². The molecule has 2 aliphatic rings. The van der Waals surface area contributed by atoms with E-state index in [1.807, 2.05) is 30.6 Å². The molecule has 33 heavy (non-hydrogen) atoms. The molecule has 1 fully saturated rings. The standard InChI is InChI=1S/C25H29N7S/c1-19-8-10-22(11-9-19)33-25(28-18-32-14-12-31(2)13-15-32)30-24(26)29-23-16-21(17-27-23)20-6-4-3-5-7-20/h3-11,16,18H,12-15,17H2,1-2H3,(H2,26,27,29). The third-order valence-electron chi connectivity index (χ3n) is 5.40. The van der Waals surface area contributed by atoms with Gasteiger partial charge in [0.15, 0.2) is 11.0 Å². The summed E-state index contributed by atoms with van der Waals surface area (Å²) >= 11 is 1.47. The molecule has 8 heteroatoms. The highest BCUT2D eigenvalue weighted by Crippen LogP contribution is 2.22. The van der Waals surface area contributed by atoms with Crippen molar-refractivity contribution in [2.24, 2.45) is 25.7 Å². The van der Waals surface area contributed by atoms with Gasteiger partial charge in [-0.25, -0.2) is 4.99 Å². The molecule has 2 N–H and O–H groups in total. The van der Waals surface area contributed by atoms with Crippen LogP contribution in [0.25, 0.3) is 5.57 Å². The molecular weight excluding hydrogens is 430 g/mol. The Morgan fingerprint density at radius 2 is 1.76 bits per heavy atom. The average Bonchev–Trinajstić information content (AvgIpc) is 3.29. The first-order chi connectivity index (χ1) is 16.0. The Hall–Kier alpha value is -3.23. The van der Waals surface area contributed by atoms with Crippen molar-refractivity contribution in [1.82, 2.24) is 9.80 Å². The van der Waals surface area contributed by atoms with E-state index in [1.54, 1.807) is 0 Å². The summed E-state index contributed by atoms with van der Waals surface area (Å²) in [5.74, 6) is 0.724. The van der Waals surface area contributed by atoms with Gasteiger partial charge in [0.2, 0.25) is 5.96 Å². The van der Waals surface area contributed by atoms with Gasteiger partial charge in [-0.3, -0.25) is 4.99 Å². The Morgan fingerprint density at radius 1 is 1.03 bits per heavy atom. The molecular formula is C25H29N7S. The van der Waals surface area contributed by atoms with E-state index in [-0.39, 0.29) is 5.96 Å². The fraction of sp³-hybridized carbons (Fsp3) is 0.280. The van der Waals surface area contributed by atoms with Gasteiger partial charge < -0.3 is 15.5 Å². The molecule has 1 saturated heterocycles. The first kappa shape index (κ1) is 22.9. The summed E-state index contributed by atoms with van der Waals surface area (Å²) in [4.78, 5) is 23.6. The second-order valence-corrected chi connectivity index (χ2v) is 9.11. The molecule has 0 saturated carbocycles. The SMILES string of the molecule is Cc1ccc(SC(N=CN2CCN(C)CC2)=NC(N)=NC2=NCC(c3ccccc3)=C2)cc1.